The minimum atomic E-state index is -1.11. The normalized spacial score (nSPS) is 26.2. The fraction of sp³-hybridized carbons (Fsp3) is 0.594. The molecule has 0 radical (unpaired) electrons. The molecule has 1 saturated heterocycles. The predicted molar refractivity (Wildman–Crippen MR) is 168 cm³/mol. The van der Waals surface area contributed by atoms with Gasteiger partial charge in [-0.3, -0.25) is 14.4 Å². The highest BCUT2D eigenvalue weighted by Gasteiger charge is 2.60. The first-order chi connectivity index (χ1) is 20.1. The number of aliphatic hydroxyl groups excluding tert-OH is 1. The fourth-order valence-corrected chi connectivity index (χ4v) is 6.50. The summed E-state index contributed by atoms with van der Waals surface area (Å²) >= 11 is 3.87. The summed E-state index contributed by atoms with van der Waals surface area (Å²) in [6.07, 6.45) is 9.87. The van der Waals surface area contributed by atoms with Crippen LogP contribution in [0.15, 0.2) is 36.9 Å². The third-order valence-corrected chi connectivity index (χ3v) is 9.10. The van der Waals surface area contributed by atoms with E-state index in [0.29, 0.717) is 6.42 Å². The summed E-state index contributed by atoms with van der Waals surface area (Å²) in [5.74, 6) is -1.28. The average Bonchev–Trinajstić information content (AvgIpc) is 3.26. The Labute approximate surface area is 255 Å². The number of allylic oxidation sites excluding steroid dienone is 1. The summed E-state index contributed by atoms with van der Waals surface area (Å²) in [6, 6.07) is 5.23. The number of thiol groups is 1. The molecule has 6 atom stereocenters. The quantitative estimate of drug-likeness (QED) is 0.111. The molecule has 0 bridgehead atoms. The first-order valence-corrected chi connectivity index (χ1v) is 15.7. The Kier molecular flexibility index (Phi) is 10.9. The van der Waals surface area contributed by atoms with Crippen LogP contribution >= 0.6 is 12.8 Å². The number of nitrogens with one attached hydrogen (secondary N) is 4. The summed E-state index contributed by atoms with van der Waals surface area (Å²) in [6.45, 7) is 11.8. The summed E-state index contributed by atoms with van der Waals surface area (Å²) in [5.41, 5.74) is 2.97. The van der Waals surface area contributed by atoms with Gasteiger partial charge < -0.3 is 30.7 Å². The van der Waals surface area contributed by atoms with E-state index in [1.165, 1.54) is 21.6 Å². The van der Waals surface area contributed by atoms with E-state index in [4.69, 9.17) is 0 Å². The van der Waals surface area contributed by atoms with Crippen molar-refractivity contribution < 1.29 is 19.5 Å². The van der Waals surface area contributed by atoms with Crippen molar-refractivity contribution in [1.29, 1.82) is 0 Å². The van der Waals surface area contributed by atoms with Gasteiger partial charge >= 0.3 is 0 Å². The van der Waals surface area contributed by atoms with Crippen LogP contribution in [0.4, 0.5) is 0 Å². The van der Waals surface area contributed by atoms with Crippen molar-refractivity contribution in [1.82, 2.24) is 25.6 Å². The highest BCUT2D eigenvalue weighted by atomic mass is 32.1. The van der Waals surface area contributed by atoms with Crippen LogP contribution in [0.1, 0.15) is 76.0 Å². The van der Waals surface area contributed by atoms with Gasteiger partial charge in [0.2, 0.25) is 11.8 Å². The lowest BCUT2D eigenvalue weighted by Crippen LogP contribution is -2.58. The summed E-state index contributed by atoms with van der Waals surface area (Å²) in [7, 11) is 0. The molecule has 1 saturated carbocycles. The van der Waals surface area contributed by atoms with E-state index in [0.717, 1.165) is 38.8 Å². The molecular formula is C32H47N5O4S. The zero-order valence-corrected chi connectivity index (χ0v) is 26.0. The smallest absolute Gasteiger partial charge is 0.256 e. The number of hydrogen-bond donors (Lipinski definition) is 6. The lowest BCUT2D eigenvalue weighted by molar-refractivity contribution is -0.142. The predicted octanol–water partition coefficient (Wildman–Crippen LogP) is 2.85. The SMILES string of the molecule is C=C[C@@H]1C[C@]1(NC(=O)[C@@H]1C[C@@H](O)CN1C(=O)[C@@H](NC(C)CCCC/C=C/c1cccc2c1CNC2)C(C)C)C(=O)NS. The molecule has 10 heteroatoms. The molecule has 3 aliphatic rings. The highest BCUT2D eigenvalue weighted by molar-refractivity contribution is 7.78. The molecule has 3 amide bonds. The lowest BCUT2D eigenvalue weighted by Gasteiger charge is -2.32. The van der Waals surface area contributed by atoms with Crippen LogP contribution in [-0.4, -0.2) is 64.0 Å². The number of rotatable bonds is 14. The molecule has 0 spiro atoms. The van der Waals surface area contributed by atoms with E-state index in [1.54, 1.807) is 6.08 Å². The molecule has 1 aromatic rings. The molecule has 0 aromatic heterocycles. The van der Waals surface area contributed by atoms with Gasteiger partial charge in [-0.1, -0.05) is 69.5 Å². The molecule has 230 valence electrons. The second-order valence-corrected chi connectivity index (χ2v) is 12.6. The lowest BCUT2D eigenvalue weighted by atomic mass is 9.99. The number of fused-ring (bicyclic) bond motifs is 1. The summed E-state index contributed by atoms with van der Waals surface area (Å²) in [5, 5.41) is 20.2. The number of β-amino-alcohol motifs (C(OH)–C–C–N with tert-alkyl or cyclic N) is 1. The van der Waals surface area contributed by atoms with Gasteiger partial charge in [0.05, 0.1) is 12.1 Å². The molecule has 5 N–H and O–H groups in total. The van der Waals surface area contributed by atoms with Crippen molar-refractivity contribution in [3.05, 3.63) is 53.6 Å². The van der Waals surface area contributed by atoms with Crippen LogP contribution in [0, 0.1) is 11.8 Å². The summed E-state index contributed by atoms with van der Waals surface area (Å²) in [4.78, 5) is 41.0. The monoisotopic (exact) mass is 597 g/mol. The maximum Gasteiger partial charge on any atom is 0.256 e. The molecule has 2 aliphatic heterocycles. The van der Waals surface area contributed by atoms with E-state index in [2.05, 4.69) is 77.3 Å². The molecule has 4 rings (SSSR count). The Bertz CT molecular complexity index is 1190. The number of benzene rings is 1. The van der Waals surface area contributed by atoms with Crippen molar-refractivity contribution >= 4 is 36.6 Å². The molecule has 2 heterocycles. The third-order valence-electron chi connectivity index (χ3n) is 8.90. The Morgan fingerprint density at radius 2 is 2.02 bits per heavy atom. The van der Waals surface area contributed by atoms with Crippen LogP contribution in [0.2, 0.25) is 0 Å². The van der Waals surface area contributed by atoms with Gasteiger partial charge in [-0.2, -0.15) is 0 Å². The van der Waals surface area contributed by atoms with Crippen molar-refractivity contribution in [3.63, 3.8) is 0 Å². The van der Waals surface area contributed by atoms with Gasteiger partial charge in [0.15, 0.2) is 0 Å². The number of hydrogen-bond acceptors (Lipinski definition) is 7. The van der Waals surface area contributed by atoms with E-state index < -0.39 is 35.5 Å². The molecule has 1 aromatic carbocycles. The molecule has 1 aliphatic carbocycles. The second-order valence-electron chi connectivity index (χ2n) is 12.4. The van der Waals surface area contributed by atoms with Gasteiger partial charge in [-0.05, 0) is 55.2 Å². The molecule has 1 unspecified atom stereocenters. The number of unbranched alkanes of at least 4 members (excludes halogenated alkanes) is 2. The standard InChI is InChI=1S/C32H47N5O4S/c1-5-24-16-32(24,31(41)36-42)35-29(39)27-15-25(38)19-37(27)30(40)28(20(2)3)34-21(4)11-8-6-7-9-12-22-13-10-14-23-17-33-18-26(22)23/h5,9-10,12-14,20-21,24-25,27-28,33-34,38,42H,1,6-8,11,15-19H2,2-4H3,(H,35,39)(H,36,41)/b12-9+/t21?,24-,25-,27+,28+,32-/m1/s1. The molecule has 9 nitrogen and oxygen atoms in total. The zero-order valence-electron chi connectivity index (χ0n) is 25.1. The van der Waals surface area contributed by atoms with Gasteiger partial charge in [-0.25, -0.2) is 0 Å². The topological polar surface area (TPSA) is 123 Å². The second kappa shape index (κ2) is 14.2. The number of likely N-dealkylation sites (tertiary alicyclic amines) is 1. The highest BCUT2D eigenvalue weighted by Crippen LogP contribution is 2.45. The number of carbonyl (C=O) groups excluding carboxylic acids is 3. The third kappa shape index (κ3) is 7.27. The molecular weight excluding hydrogens is 550 g/mol. The van der Waals surface area contributed by atoms with E-state index in [-0.39, 0.29) is 36.8 Å². The van der Waals surface area contributed by atoms with Crippen LogP contribution in [0.25, 0.3) is 6.08 Å². The molecule has 2 fully saturated rings. The van der Waals surface area contributed by atoms with Gasteiger partial charge in [0, 0.05) is 38.0 Å². The number of carbonyl (C=O) groups is 3. The van der Waals surface area contributed by atoms with Crippen LogP contribution in [0.3, 0.4) is 0 Å². The number of amides is 3. The van der Waals surface area contributed by atoms with Gasteiger partial charge in [-0.15, -0.1) is 6.58 Å². The van der Waals surface area contributed by atoms with E-state index >= 15 is 0 Å². The van der Waals surface area contributed by atoms with Crippen molar-refractivity contribution in [3.8, 4) is 0 Å². The largest absolute Gasteiger partial charge is 0.391 e. The fourth-order valence-electron chi connectivity index (χ4n) is 6.30. The maximum atomic E-state index is 13.8. The van der Waals surface area contributed by atoms with E-state index in [9.17, 15) is 19.5 Å². The summed E-state index contributed by atoms with van der Waals surface area (Å²) < 4.78 is 2.32. The van der Waals surface area contributed by atoms with E-state index in [1.807, 2.05) is 13.8 Å². The Balaban J connectivity index is 1.28. The van der Waals surface area contributed by atoms with Crippen molar-refractivity contribution in [2.24, 2.45) is 11.8 Å². The molecule has 42 heavy (non-hydrogen) atoms. The van der Waals surface area contributed by atoms with Crippen molar-refractivity contribution in [2.45, 2.75) is 102 Å². The zero-order chi connectivity index (χ0) is 30.4. The van der Waals surface area contributed by atoms with Crippen LogP contribution < -0.4 is 20.7 Å². The number of nitrogens with zero attached hydrogens (tertiary/aromatic N) is 1. The van der Waals surface area contributed by atoms with Crippen molar-refractivity contribution in [2.75, 3.05) is 6.54 Å². The first kappa shape index (κ1) is 32.3. The first-order valence-electron chi connectivity index (χ1n) is 15.2. The minimum Gasteiger partial charge on any atom is -0.391 e. The Hall–Kier alpha value is -2.66. The van der Waals surface area contributed by atoms with Gasteiger partial charge in [0.25, 0.3) is 5.91 Å². The van der Waals surface area contributed by atoms with Crippen LogP contribution in [-0.2, 0) is 27.5 Å². The minimum absolute atomic E-state index is 0.0127. The Morgan fingerprint density at radius 1 is 1.24 bits per heavy atom. The Morgan fingerprint density at radius 3 is 2.71 bits per heavy atom. The maximum absolute atomic E-state index is 13.8. The number of aliphatic hydroxyl groups is 1. The average molecular weight is 598 g/mol. The van der Waals surface area contributed by atoms with Crippen LogP contribution in [0.5, 0.6) is 0 Å². The van der Waals surface area contributed by atoms with Gasteiger partial charge in [0.1, 0.15) is 11.6 Å².